The highest BCUT2D eigenvalue weighted by Crippen LogP contribution is 2.37. The van der Waals surface area contributed by atoms with Gasteiger partial charge in [-0.2, -0.15) is 0 Å². The van der Waals surface area contributed by atoms with E-state index < -0.39 is 0 Å². The quantitative estimate of drug-likeness (QED) is 0.704. The molecule has 0 radical (unpaired) electrons. The Kier molecular flexibility index (Phi) is 6.38. The summed E-state index contributed by atoms with van der Waals surface area (Å²) in [4.78, 5) is 32.9. The Bertz CT molecular complexity index is 1100. The first-order valence-electron chi connectivity index (χ1n) is 10.9. The number of carbonyl (C=O) groups excluding carboxylic acids is 2. The zero-order valence-electron chi connectivity index (χ0n) is 18.7. The largest absolute Gasteiger partial charge is 0.395 e. The topological polar surface area (TPSA) is 64.1 Å². The number of nitrogens with zero attached hydrogens (tertiary/aromatic N) is 3. The van der Waals surface area contributed by atoms with Crippen LogP contribution in [0, 0.1) is 20.8 Å². The summed E-state index contributed by atoms with van der Waals surface area (Å²) in [5, 5.41) is 9.80. The first-order valence-corrected chi connectivity index (χ1v) is 11.2. The van der Waals surface area contributed by atoms with E-state index in [0.29, 0.717) is 41.6 Å². The molecular weight excluding hydrogens is 426 g/mol. The summed E-state index contributed by atoms with van der Waals surface area (Å²) in [6.07, 6.45) is 0. The average Bonchev–Trinajstić information content (AvgIpc) is 3.01. The molecule has 0 aromatic heterocycles. The van der Waals surface area contributed by atoms with Gasteiger partial charge in [0.2, 0.25) is 0 Å². The first-order chi connectivity index (χ1) is 15.3. The molecule has 32 heavy (non-hydrogen) atoms. The molecule has 1 saturated heterocycles. The van der Waals surface area contributed by atoms with Crippen LogP contribution in [0.3, 0.4) is 0 Å². The molecule has 4 rings (SSSR count). The fourth-order valence-corrected chi connectivity index (χ4v) is 4.62. The Morgan fingerprint density at radius 3 is 2.22 bits per heavy atom. The van der Waals surface area contributed by atoms with Gasteiger partial charge in [0.25, 0.3) is 11.8 Å². The van der Waals surface area contributed by atoms with Crippen molar-refractivity contribution in [3.05, 3.63) is 69.4 Å². The second-order valence-corrected chi connectivity index (χ2v) is 8.89. The number of hydrogen-bond donors (Lipinski definition) is 1. The van der Waals surface area contributed by atoms with Gasteiger partial charge >= 0.3 is 0 Å². The lowest BCUT2D eigenvalue weighted by atomic mass is 9.99. The minimum Gasteiger partial charge on any atom is -0.395 e. The molecule has 0 saturated carbocycles. The van der Waals surface area contributed by atoms with Crippen molar-refractivity contribution in [2.24, 2.45) is 0 Å². The third-order valence-corrected chi connectivity index (χ3v) is 6.59. The van der Waals surface area contributed by atoms with E-state index in [2.05, 4.69) is 4.90 Å². The van der Waals surface area contributed by atoms with E-state index in [9.17, 15) is 14.7 Å². The van der Waals surface area contributed by atoms with Crippen LogP contribution in [0.2, 0.25) is 5.02 Å². The summed E-state index contributed by atoms with van der Waals surface area (Å²) in [5.41, 5.74) is 5.19. The molecule has 2 aromatic carbocycles. The molecule has 2 aliphatic heterocycles. The van der Waals surface area contributed by atoms with Crippen LogP contribution < -0.4 is 4.90 Å². The molecule has 0 bridgehead atoms. The molecule has 0 spiro atoms. The monoisotopic (exact) mass is 453 g/mol. The van der Waals surface area contributed by atoms with Gasteiger partial charge in [-0.1, -0.05) is 29.8 Å². The van der Waals surface area contributed by atoms with Crippen molar-refractivity contribution >= 4 is 34.7 Å². The van der Waals surface area contributed by atoms with Crippen LogP contribution in [0.15, 0.2) is 42.1 Å². The number of benzene rings is 2. The number of hydrogen-bond acceptors (Lipinski definition) is 5. The second-order valence-electron chi connectivity index (χ2n) is 8.45. The van der Waals surface area contributed by atoms with Gasteiger partial charge in [0, 0.05) is 37.7 Å². The van der Waals surface area contributed by atoms with Crippen LogP contribution in [0.4, 0.5) is 5.69 Å². The van der Waals surface area contributed by atoms with Crippen molar-refractivity contribution in [1.82, 2.24) is 9.80 Å². The molecule has 6 nitrogen and oxygen atoms in total. The Labute approximate surface area is 193 Å². The van der Waals surface area contributed by atoms with Crippen LogP contribution >= 0.6 is 11.6 Å². The van der Waals surface area contributed by atoms with E-state index in [0.717, 1.165) is 35.3 Å². The zero-order chi connectivity index (χ0) is 23.0. The van der Waals surface area contributed by atoms with Crippen molar-refractivity contribution in [2.45, 2.75) is 20.8 Å². The number of piperazine rings is 1. The predicted octanol–water partition coefficient (Wildman–Crippen LogP) is 3.16. The maximum absolute atomic E-state index is 13.7. The van der Waals surface area contributed by atoms with Crippen molar-refractivity contribution < 1.29 is 14.7 Å². The van der Waals surface area contributed by atoms with Crippen molar-refractivity contribution in [3.8, 4) is 0 Å². The van der Waals surface area contributed by atoms with Crippen LogP contribution in [-0.2, 0) is 9.59 Å². The molecule has 2 aliphatic rings. The number of β-amino-alcohol motifs (C(OH)–C–C–N with tert-alkyl or cyclic N) is 1. The number of aryl methyl sites for hydroxylation is 3. The molecule has 1 N–H and O–H groups in total. The highest BCUT2D eigenvalue weighted by molar-refractivity contribution is 6.45. The van der Waals surface area contributed by atoms with E-state index >= 15 is 0 Å². The van der Waals surface area contributed by atoms with Gasteiger partial charge in [-0.3, -0.25) is 14.5 Å². The van der Waals surface area contributed by atoms with Crippen molar-refractivity contribution in [2.75, 3.05) is 44.2 Å². The third kappa shape index (κ3) is 4.06. The fraction of sp³-hybridized carbons (Fsp3) is 0.360. The van der Waals surface area contributed by atoms with E-state index in [4.69, 9.17) is 11.6 Å². The lowest BCUT2D eigenvalue weighted by Crippen LogP contribution is -2.48. The fourth-order valence-electron chi connectivity index (χ4n) is 4.39. The minimum atomic E-state index is -0.309. The minimum absolute atomic E-state index is 0.109. The number of amides is 2. The Hall–Kier alpha value is -2.67. The van der Waals surface area contributed by atoms with Gasteiger partial charge in [0.15, 0.2) is 0 Å². The number of aliphatic hydroxyl groups is 1. The molecule has 2 amide bonds. The predicted molar refractivity (Wildman–Crippen MR) is 127 cm³/mol. The standard InChI is InChI=1S/C25H28ClN3O3/c1-16-4-5-19(14-17(16)2)22-23(28-10-8-27(9-11-28)12-13-30)25(32)29(24(22)31)21-7-6-20(26)15-18(21)3/h4-7,14-15,30H,8-13H2,1-3H3. The van der Waals surface area contributed by atoms with Crippen LogP contribution in [0.25, 0.3) is 5.57 Å². The summed E-state index contributed by atoms with van der Waals surface area (Å²) < 4.78 is 0. The normalized spacial score (nSPS) is 17.7. The van der Waals surface area contributed by atoms with Gasteiger partial charge in [0.05, 0.1) is 17.9 Å². The number of aliphatic hydroxyl groups excluding tert-OH is 1. The molecule has 1 fully saturated rings. The van der Waals surface area contributed by atoms with E-state index in [1.807, 2.05) is 43.9 Å². The molecule has 0 aliphatic carbocycles. The number of rotatable bonds is 5. The number of carbonyl (C=O) groups is 2. The lowest BCUT2D eigenvalue weighted by Gasteiger charge is -2.36. The molecule has 0 atom stereocenters. The molecular formula is C25H28ClN3O3. The summed E-state index contributed by atoms with van der Waals surface area (Å²) in [7, 11) is 0. The van der Waals surface area contributed by atoms with Gasteiger partial charge in [0.1, 0.15) is 5.70 Å². The highest BCUT2D eigenvalue weighted by Gasteiger charge is 2.43. The van der Waals surface area contributed by atoms with Crippen LogP contribution in [0.5, 0.6) is 0 Å². The smallest absolute Gasteiger partial charge is 0.282 e. The van der Waals surface area contributed by atoms with Gasteiger partial charge in [-0.15, -0.1) is 0 Å². The number of imide groups is 1. The molecule has 2 aromatic rings. The number of anilines is 1. The summed E-state index contributed by atoms with van der Waals surface area (Å²) in [5.74, 6) is -0.610. The SMILES string of the molecule is Cc1ccc(C2=C(N3CCN(CCO)CC3)C(=O)N(c3ccc(Cl)cc3C)C2=O)cc1C. The van der Waals surface area contributed by atoms with Gasteiger partial charge < -0.3 is 10.0 Å². The van der Waals surface area contributed by atoms with E-state index in [1.165, 1.54) is 4.90 Å². The maximum Gasteiger partial charge on any atom is 0.282 e. The highest BCUT2D eigenvalue weighted by atomic mass is 35.5. The summed E-state index contributed by atoms with van der Waals surface area (Å²) in [6.45, 7) is 9.30. The summed E-state index contributed by atoms with van der Waals surface area (Å²) in [6, 6.07) is 11.1. The Morgan fingerprint density at radius 2 is 1.59 bits per heavy atom. The molecule has 2 heterocycles. The third-order valence-electron chi connectivity index (χ3n) is 6.36. The van der Waals surface area contributed by atoms with Crippen LogP contribution in [0.1, 0.15) is 22.3 Å². The van der Waals surface area contributed by atoms with Gasteiger partial charge in [-0.25, -0.2) is 4.90 Å². The van der Waals surface area contributed by atoms with Crippen molar-refractivity contribution in [1.29, 1.82) is 0 Å². The van der Waals surface area contributed by atoms with Crippen LogP contribution in [-0.4, -0.2) is 66.1 Å². The van der Waals surface area contributed by atoms with E-state index in [-0.39, 0.29) is 18.4 Å². The molecule has 0 unspecified atom stereocenters. The van der Waals surface area contributed by atoms with Crippen molar-refractivity contribution in [3.63, 3.8) is 0 Å². The van der Waals surface area contributed by atoms with E-state index in [1.54, 1.807) is 18.2 Å². The summed E-state index contributed by atoms with van der Waals surface area (Å²) >= 11 is 6.11. The zero-order valence-corrected chi connectivity index (χ0v) is 19.4. The average molecular weight is 454 g/mol. The lowest BCUT2D eigenvalue weighted by molar-refractivity contribution is -0.120. The van der Waals surface area contributed by atoms with Gasteiger partial charge in [-0.05, 0) is 61.2 Å². The number of halogens is 1. The first kappa shape index (κ1) is 22.5. The maximum atomic E-state index is 13.7. The molecule has 7 heteroatoms. The second kappa shape index (κ2) is 9.06. The Morgan fingerprint density at radius 1 is 0.875 bits per heavy atom. The Balaban J connectivity index is 1.78. The molecule has 168 valence electrons.